The topological polar surface area (TPSA) is 151 Å². The third-order valence-electron chi connectivity index (χ3n) is 5.87. The quantitative estimate of drug-likeness (QED) is 0.0513. The Kier molecular flexibility index (Phi) is 26.8. The van der Waals surface area contributed by atoms with Crippen LogP contribution in [0.25, 0.3) is 0 Å². The van der Waals surface area contributed by atoms with Gasteiger partial charge in [0.05, 0.1) is 19.8 Å². The van der Waals surface area contributed by atoms with E-state index in [-0.39, 0.29) is 31.9 Å². The third kappa shape index (κ3) is 24.8. The summed E-state index contributed by atoms with van der Waals surface area (Å²) >= 11 is 0. The summed E-state index contributed by atoms with van der Waals surface area (Å²) in [5, 5.41) is 23.7. The lowest BCUT2D eigenvalue weighted by atomic mass is 10.1. The molecule has 0 heterocycles. The molecule has 0 saturated heterocycles. The van der Waals surface area contributed by atoms with Crippen molar-refractivity contribution in [3.05, 3.63) is 72.9 Å². The van der Waals surface area contributed by atoms with Crippen molar-refractivity contribution in [2.75, 3.05) is 26.4 Å². The Hall–Kier alpha value is -3.76. The Bertz CT molecular complexity index is 978. The number of ether oxygens (including phenoxy) is 2. The molecule has 44 heavy (non-hydrogen) atoms. The number of esters is 2. The minimum atomic E-state index is -1.09. The molecular formula is C34H52N2O8. The fourth-order valence-electron chi connectivity index (χ4n) is 3.55. The summed E-state index contributed by atoms with van der Waals surface area (Å²) in [5.74, 6) is -2.24. The van der Waals surface area contributed by atoms with E-state index in [2.05, 4.69) is 66.2 Å². The highest BCUT2D eigenvalue weighted by atomic mass is 16.6. The van der Waals surface area contributed by atoms with Crippen LogP contribution in [0.2, 0.25) is 0 Å². The van der Waals surface area contributed by atoms with Gasteiger partial charge in [0, 0.05) is 25.1 Å². The summed E-state index contributed by atoms with van der Waals surface area (Å²) in [6, 6.07) is -1.01. The first-order valence-corrected chi connectivity index (χ1v) is 15.5. The van der Waals surface area contributed by atoms with Crippen molar-refractivity contribution in [3.63, 3.8) is 0 Å². The Labute approximate surface area is 262 Å². The predicted molar refractivity (Wildman–Crippen MR) is 172 cm³/mol. The van der Waals surface area contributed by atoms with E-state index in [9.17, 15) is 29.4 Å². The molecule has 0 unspecified atom stereocenters. The molecule has 10 nitrogen and oxygen atoms in total. The summed E-state index contributed by atoms with van der Waals surface area (Å²) in [6.07, 6.45) is 28.9. The number of rotatable bonds is 25. The van der Waals surface area contributed by atoms with Crippen molar-refractivity contribution in [1.82, 2.24) is 10.6 Å². The second-order valence-corrected chi connectivity index (χ2v) is 9.66. The molecule has 0 aliphatic carbocycles. The number of unbranched alkanes of at least 4 members (excludes halogenated alkanes) is 1. The fraction of sp³-hybridized carbons (Fsp3) is 0.529. The number of amides is 2. The second kappa shape index (κ2) is 29.3. The van der Waals surface area contributed by atoms with Crippen molar-refractivity contribution >= 4 is 23.8 Å². The molecule has 4 N–H and O–H groups in total. The largest absolute Gasteiger partial charge is 0.463 e. The van der Waals surface area contributed by atoms with Gasteiger partial charge in [-0.1, -0.05) is 67.7 Å². The number of hydrogen-bond donors (Lipinski definition) is 4. The van der Waals surface area contributed by atoms with Gasteiger partial charge in [-0.3, -0.25) is 9.59 Å². The second-order valence-electron chi connectivity index (χ2n) is 9.66. The highest BCUT2D eigenvalue weighted by Crippen LogP contribution is 2.06. The normalized spacial score (nSPS) is 12.8. The van der Waals surface area contributed by atoms with Crippen LogP contribution in [0.15, 0.2) is 72.9 Å². The van der Waals surface area contributed by atoms with Gasteiger partial charge in [0.15, 0.2) is 0 Å². The number of carbonyl (C=O) groups excluding carboxylic acids is 4. The molecule has 0 aliphatic heterocycles. The molecule has 0 rings (SSSR count). The van der Waals surface area contributed by atoms with E-state index in [0.717, 1.165) is 44.3 Å². The van der Waals surface area contributed by atoms with E-state index in [4.69, 9.17) is 9.47 Å². The molecule has 0 aromatic heterocycles. The van der Waals surface area contributed by atoms with E-state index in [1.165, 1.54) is 0 Å². The third-order valence-corrected chi connectivity index (χ3v) is 5.87. The van der Waals surface area contributed by atoms with Gasteiger partial charge in [-0.05, 0) is 64.7 Å². The molecule has 0 radical (unpaired) electrons. The average Bonchev–Trinajstić information content (AvgIpc) is 3.01. The van der Waals surface area contributed by atoms with Gasteiger partial charge in [-0.25, -0.2) is 9.59 Å². The first-order valence-electron chi connectivity index (χ1n) is 15.5. The van der Waals surface area contributed by atoms with Crippen LogP contribution in [-0.4, -0.2) is 72.5 Å². The van der Waals surface area contributed by atoms with Gasteiger partial charge in [-0.2, -0.15) is 0 Å². The van der Waals surface area contributed by atoms with Gasteiger partial charge in [0.25, 0.3) is 0 Å². The molecule has 0 spiro atoms. The number of allylic oxidation sites excluding steroid dienone is 10. The summed E-state index contributed by atoms with van der Waals surface area (Å²) < 4.78 is 9.79. The van der Waals surface area contributed by atoms with Gasteiger partial charge in [0.2, 0.25) is 11.8 Å². The van der Waals surface area contributed by atoms with Crippen LogP contribution in [0.5, 0.6) is 0 Å². The predicted octanol–water partition coefficient (Wildman–Crippen LogP) is 4.31. The molecular weight excluding hydrogens is 564 g/mol. The van der Waals surface area contributed by atoms with Crippen LogP contribution in [-0.2, 0) is 28.7 Å². The first kappa shape index (κ1) is 40.2. The van der Waals surface area contributed by atoms with Crippen molar-refractivity contribution in [2.24, 2.45) is 0 Å². The Morgan fingerprint density at radius 3 is 1.86 bits per heavy atom. The highest BCUT2D eigenvalue weighted by Gasteiger charge is 2.24. The Balaban J connectivity index is 4.45. The first-order chi connectivity index (χ1) is 21.4. The number of aliphatic hydroxyl groups is 2. The zero-order valence-electron chi connectivity index (χ0n) is 26.3. The average molecular weight is 617 g/mol. The smallest absolute Gasteiger partial charge is 0.330 e. The maximum Gasteiger partial charge on any atom is 0.330 e. The lowest BCUT2D eigenvalue weighted by Crippen LogP contribution is -2.44. The minimum Gasteiger partial charge on any atom is -0.463 e. The zero-order chi connectivity index (χ0) is 32.7. The van der Waals surface area contributed by atoms with Crippen LogP contribution in [0.4, 0.5) is 0 Å². The zero-order valence-corrected chi connectivity index (χ0v) is 26.3. The molecule has 2 amide bonds. The monoisotopic (exact) mass is 616 g/mol. The summed E-state index contributed by atoms with van der Waals surface area (Å²) in [5.41, 5.74) is 0. The number of carbonyl (C=O) groups is 4. The van der Waals surface area contributed by atoms with Gasteiger partial charge in [0.1, 0.15) is 12.1 Å². The minimum absolute atomic E-state index is 0.158. The molecule has 1 atom stereocenters. The van der Waals surface area contributed by atoms with Crippen LogP contribution < -0.4 is 10.6 Å². The number of nitrogens with one attached hydrogen (secondary N) is 2. The summed E-state index contributed by atoms with van der Waals surface area (Å²) in [7, 11) is 0. The number of hydrogen-bond acceptors (Lipinski definition) is 8. The molecule has 0 aliphatic rings. The Morgan fingerprint density at radius 1 is 0.750 bits per heavy atom. The van der Waals surface area contributed by atoms with Gasteiger partial charge in [-0.15, -0.1) is 0 Å². The molecule has 246 valence electrons. The maximum absolute atomic E-state index is 12.6. The molecule has 0 aromatic carbocycles. The maximum atomic E-state index is 12.6. The van der Waals surface area contributed by atoms with E-state index in [1.54, 1.807) is 6.92 Å². The molecule has 0 aromatic rings. The summed E-state index contributed by atoms with van der Waals surface area (Å²) in [6.45, 7) is 3.05. The van der Waals surface area contributed by atoms with Crippen molar-refractivity contribution in [2.45, 2.75) is 90.2 Å². The number of aliphatic hydroxyl groups excluding tert-OH is 2. The molecule has 10 heteroatoms. The molecule has 0 bridgehead atoms. The van der Waals surface area contributed by atoms with Crippen LogP contribution in [0.1, 0.15) is 78.1 Å². The lowest BCUT2D eigenvalue weighted by molar-refractivity contribution is -0.157. The highest BCUT2D eigenvalue weighted by molar-refractivity contribution is 5.94. The standard InChI is InChI=1S/C34H52N2O8/c1-3-5-6-7-8-9-10-11-12-13-14-15-16-17-18-19-20-23-32(40)36-30(34(42)44-29(27-37)28-38)22-21-26-35-31(39)24-25-33(41)43-4-2/h5-6,8-9,11-12,14-15,17-18,24-25,29-30,37-38H,3-4,7,10,13,16,19-23,26-28H2,1-2H3,(H,35,39)(H,36,40)/b6-5-,9-8-,12-11-,15-14-,18-17-,25-24+/t30-/m0/s1. The van der Waals surface area contributed by atoms with Crippen molar-refractivity contribution in [3.8, 4) is 0 Å². The van der Waals surface area contributed by atoms with E-state index in [1.807, 2.05) is 12.2 Å². The van der Waals surface area contributed by atoms with Crippen LogP contribution in [0.3, 0.4) is 0 Å². The molecule has 0 fully saturated rings. The van der Waals surface area contributed by atoms with Crippen molar-refractivity contribution in [1.29, 1.82) is 0 Å². The lowest BCUT2D eigenvalue weighted by Gasteiger charge is -2.20. The van der Waals surface area contributed by atoms with Crippen LogP contribution >= 0.6 is 0 Å². The van der Waals surface area contributed by atoms with E-state index < -0.39 is 43.2 Å². The van der Waals surface area contributed by atoms with Crippen molar-refractivity contribution < 1.29 is 38.9 Å². The van der Waals surface area contributed by atoms with Gasteiger partial charge < -0.3 is 30.3 Å². The molecule has 0 saturated carbocycles. The van der Waals surface area contributed by atoms with E-state index in [0.29, 0.717) is 19.3 Å². The SMILES string of the molecule is CC/C=C\C/C=C\C/C=C\C/C=C\C/C=C\CCCC(=O)N[C@@H](CCCNC(=O)/C=C/C(=O)OCC)C(=O)OC(CO)CO. The van der Waals surface area contributed by atoms with Gasteiger partial charge >= 0.3 is 11.9 Å². The Morgan fingerprint density at radius 2 is 1.32 bits per heavy atom. The summed E-state index contributed by atoms with van der Waals surface area (Å²) in [4.78, 5) is 48.2. The fourth-order valence-corrected chi connectivity index (χ4v) is 3.55. The van der Waals surface area contributed by atoms with Crippen LogP contribution in [0, 0.1) is 0 Å². The van der Waals surface area contributed by atoms with E-state index >= 15 is 0 Å².